The standard InChI is InChI=1S/C17H19N3O2/c21-17(15-2-1-7-18-12-15)19-16-5-3-14(4-6-16)13-20-8-10-22-11-9-20/h1-7,12H,8-11,13H2,(H,19,21). The molecule has 5 heteroatoms. The van der Waals surface area contributed by atoms with Crippen LogP contribution < -0.4 is 5.32 Å². The van der Waals surface area contributed by atoms with Gasteiger partial charge in [0.25, 0.3) is 5.91 Å². The summed E-state index contributed by atoms with van der Waals surface area (Å²) in [5.41, 5.74) is 2.58. The molecule has 2 aromatic rings. The van der Waals surface area contributed by atoms with Crippen LogP contribution in [0.1, 0.15) is 15.9 Å². The van der Waals surface area contributed by atoms with Crippen LogP contribution in [0, 0.1) is 0 Å². The van der Waals surface area contributed by atoms with Crippen LogP contribution in [-0.4, -0.2) is 42.1 Å². The average molecular weight is 297 g/mol. The molecular weight excluding hydrogens is 278 g/mol. The van der Waals surface area contributed by atoms with Crippen molar-refractivity contribution in [2.75, 3.05) is 31.6 Å². The number of hydrogen-bond acceptors (Lipinski definition) is 4. The minimum Gasteiger partial charge on any atom is -0.379 e. The summed E-state index contributed by atoms with van der Waals surface area (Å²) >= 11 is 0. The number of pyridine rings is 1. The van der Waals surface area contributed by atoms with Crippen molar-refractivity contribution in [1.82, 2.24) is 9.88 Å². The number of benzene rings is 1. The molecule has 0 unspecified atom stereocenters. The molecule has 1 aliphatic rings. The smallest absolute Gasteiger partial charge is 0.257 e. The Balaban J connectivity index is 1.58. The third kappa shape index (κ3) is 3.90. The van der Waals surface area contributed by atoms with E-state index in [0.29, 0.717) is 5.56 Å². The minimum absolute atomic E-state index is 0.144. The maximum Gasteiger partial charge on any atom is 0.257 e. The Morgan fingerprint density at radius 2 is 1.95 bits per heavy atom. The first-order chi connectivity index (χ1) is 10.8. The molecule has 114 valence electrons. The van der Waals surface area contributed by atoms with Crippen molar-refractivity contribution < 1.29 is 9.53 Å². The zero-order valence-electron chi connectivity index (χ0n) is 12.4. The summed E-state index contributed by atoms with van der Waals surface area (Å²) in [6.45, 7) is 4.47. The number of carbonyl (C=O) groups excluding carboxylic acids is 1. The van der Waals surface area contributed by atoms with Gasteiger partial charge in [0, 0.05) is 37.7 Å². The fraction of sp³-hybridized carbons (Fsp3) is 0.294. The van der Waals surface area contributed by atoms with Crippen LogP contribution >= 0.6 is 0 Å². The summed E-state index contributed by atoms with van der Waals surface area (Å²) in [5, 5.41) is 2.88. The fourth-order valence-corrected chi connectivity index (χ4v) is 2.41. The minimum atomic E-state index is -0.144. The van der Waals surface area contributed by atoms with Crippen LogP contribution in [0.25, 0.3) is 0 Å². The molecule has 0 spiro atoms. The Labute approximate surface area is 129 Å². The molecule has 1 N–H and O–H groups in total. The summed E-state index contributed by atoms with van der Waals surface area (Å²) < 4.78 is 5.35. The molecule has 1 saturated heterocycles. The van der Waals surface area contributed by atoms with Gasteiger partial charge in [0.15, 0.2) is 0 Å². The Morgan fingerprint density at radius 1 is 1.18 bits per heavy atom. The van der Waals surface area contributed by atoms with E-state index in [4.69, 9.17) is 4.74 Å². The quantitative estimate of drug-likeness (QED) is 0.939. The van der Waals surface area contributed by atoms with Gasteiger partial charge in [0.05, 0.1) is 18.8 Å². The molecule has 1 amide bonds. The Morgan fingerprint density at radius 3 is 2.64 bits per heavy atom. The highest BCUT2D eigenvalue weighted by Gasteiger charge is 2.11. The van der Waals surface area contributed by atoms with Crippen LogP contribution in [0.3, 0.4) is 0 Å². The van der Waals surface area contributed by atoms with Gasteiger partial charge in [0.1, 0.15) is 0 Å². The van der Waals surface area contributed by atoms with Crippen molar-refractivity contribution in [3.05, 3.63) is 59.9 Å². The molecule has 2 heterocycles. The number of ether oxygens (including phenoxy) is 1. The van der Waals surface area contributed by atoms with Crippen LogP contribution in [0.4, 0.5) is 5.69 Å². The number of hydrogen-bond donors (Lipinski definition) is 1. The topological polar surface area (TPSA) is 54.5 Å². The second kappa shape index (κ2) is 7.15. The third-order valence-corrected chi connectivity index (χ3v) is 3.65. The monoisotopic (exact) mass is 297 g/mol. The molecule has 0 aliphatic carbocycles. The van der Waals surface area contributed by atoms with Crippen molar-refractivity contribution in [1.29, 1.82) is 0 Å². The number of amides is 1. The molecule has 1 fully saturated rings. The lowest BCUT2D eigenvalue weighted by molar-refractivity contribution is 0.0342. The molecule has 0 atom stereocenters. The normalized spacial score (nSPS) is 15.5. The Kier molecular flexibility index (Phi) is 4.78. The van der Waals surface area contributed by atoms with Gasteiger partial charge in [-0.25, -0.2) is 0 Å². The van der Waals surface area contributed by atoms with Crippen molar-refractivity contribution in [3.8, 4) is 0 Å². The van der Waals surface area contributed by atoms with Gasteiger partial charge in [-0.15, -0.1) is 0 Å². The third-order valence-electron chi connectivity index (χ3n) is 3.65. The van der Waals surface area contributed by atoms with Crippen LogP contribution in [0.15, 0.2) is 48.8 Å². The SMILES string of the molecule is O=C(Nc1ccc(CN2CCOCC2)cc1)c1cccnc1. The first-order valence-corrected chi connectivity index (χ1v) is 7.42. The summed E-state index contributed by atoms with van der Waals surface area (Å²) in [6, 6.07) is 11.5. The fourth-order valence-electron chi connectivity index (χ4n) is 2.41. The van der Waals surface area contributed by atoms with E-state index in [0.717, 1.165) is 38.5 Å². The Hall–Kier alpha value is -2.24. The molecule has 1 aromatic heterocycles. The number of morpholine rings is 1. The first-order valence-electron chi connectivity index (χ1n) is 7.42. The predicted octanol–water partition coefficient (Wildman–Crippen LogP) is 2.17. The first kappa shape index (κ1) is 14.7. The number of nitrogens with zero attached hydrogens (tertiary/aromatic N) is 2. The lowest BCUT2D eigenvalue weighted by atomic mass is 10.2. The molecule has 0 saturated carbocycles. The second-order valence-corrected chi connectivity index (χ2v) is 5.28. The zero-order valence-corrected chi connectivity index (χ0v) is 12.4. The van der Waals surface area contributed by atoms with E-state index < -0.39 is 0 Å². The van der Waals surface area contributed by atoms with Crippen molar-refractivity contribution >= 4 is 11.6 Å². The van der Waals surface area contributed by atoms with Gasteiger partial charge in [-0.2, -0.15) is 0 Å². The van der Waals surface area contributed by atoms with E-state index in [1.54, 1.807) is 24.5 Å². The highest BCUT2D eigenvalue weighted by atomic mass is 16.5. The molecule has 0 bridgehead atoms. The van der Waals surface area contributed by atoms with E-state index in [2.05, 4.69) is 15.2 Å². The van der Waals surface area contributed by atoms with Crippen LogP contribution in [0.2, 0.25) is 0 Å². The Bertz CT molecular complexity index is 608. The molecule has 0 radical (unpaired) electrons. The van der Waals surface area contributed by atoms with E-state index in [-0.39, 0.29) is 5.91 Å². The van der Waals surface area contributed by atoms with Gasteiger partial charge < -0.3 is 10.1 Å². The molecule has 1 aliphatic heterocycles. The van der Waals surface area contributed by atoms with Crippen molar-refractivity contribution in [3.63, 3.8) is 0 Å². The van der Waals surface area contributed by atoms with E-state index >= 15 is 0 Å². The van der Waals surface area contributed by atoms with Gasteiger partial charge in [-0.1, -0.05) is 12.1 Å². The van der Waals surface area contributed by atoms with Gasteiger partial charge >= 0.3 is 0 Å². The average Bonchev–Trinajstić information content (AvgIpc) is 2.58. The number of carbonyl (C=O) groups is 1. The second-order valence-electron chi connectivity index (χ2n) is 5.28. The zero-order chi connectivity index (χ0) is 15.2. The van der Waals surface area contributed by atoms with Crippen LogP contribution in [-0.2, 0) is 11.3 Å². The largest absolute Gasteiger partial charge is 0.379 e. The van der Waals surface area contributed by atoms with Gasteiger partial charge in [-0.3, -0.25) is 14.7 Å². The van der Waals surface area contributed by atoms with E-state index in [9.17, 15) is 4.79 Å². The molecule has 22 heavy (non-hydrogen) atoms. The molecule has 3 rings (SSSR count). The van der Waals surface area contributed by atoms with E-state index in [1.807, 2.05) is 24.3 Å². The maximum absolute atomic E-state index is 12.0. The molecule has 1 aromatic carbocycles. The maximum atomic E-state index is 12.0. The summed E-state index contributed by atoms with van der Waals surface area (Å²) in [4.78, 5) is 18.4. The summed E-state index contributed by atoms with van der Waals surface area (Å²) in [7, 11) is 0. The van der Waals surface area contributed by atoms with Gasteiger partial charge in [-0.05, 0) is 29.8 Å². The van der Waals surface area contributed by atoms with Crippen molar-refractivity contribution in [2.24, 2.45) is 0 Å². The van der Waals surface area contributed by atoms with Crippen molar-refractivity contribution in [2.45, 2.75) is 6.54 Å². The summed E-state index contributed by atoms with van der Waals surface area (Å²) in [5.74, 6) is -0.144. The summed E-state index contributed by atoms with van der Waals surface area (Å²) in [6.07, 6.45) is 3.21. The molecule has 5 nitrogen and oxygen atoms in total. The van der Waals surface area contributed by atoms with Crippen LogP contribution in [0.5, 0.6) is 0 Å². The number of anilines is 1. The van der Waals surface area contributed by atoms with E-state index in [1.165, 1.54) is 5.56 Å². The number of nitrogens with one attached hydrogen (secondary N) is 1. The highest BCUT2D eigenvalue weighted by Crippen LogP contribution is 2.13. The number of aromatic nitrogens is 1. The highest BCUT2D eigenvalue weighted by molar-refractivity contribution is 6.03. The predicted molar refractivity (Wildman–Crippen MR) is 84.7 cm³/mol. The van der Waals surface area contributed by atoms with Gasteiger partial charge in [0.2, 0.25) is 0 Å². The molecular formula is C17H19N3O2. The lowest BCUT2D eigenvalue weighted by Gasteiger charge is -2.26. The number of rotatable bonds is 4. The lowest BCUT2D eigenvalue weighted by Crippen LogP contribution is -2.35.